The highest BCUT2D eigenvalue weighted by molar-refractivity contribution is 7.99. The van der Waals surface area contributed by atoms with Crippen molar-refractivity contribution in [3.63, 3.8) is 0 Å². The van der Waals surface area contributed by atoms with E-state index in [9.17, 15) is 9.18 Å². The Bertz CT molecular complexity index is 834. The quantitative estimate of drug-likeness (QED) is 0.725. The van der Waals surface area contributed by atoms with E-state index in [1.165, 1.54) is 23.9 Å². The standard InChI is InChI=1S/C15H14FN5OS/c1-2-17-14(22)9-23-15-19-18-13-8-7-12(20-21(13)15)10-3-5-11(16)6-4-10/h3-8H,2,9H2,1H3,(H,17,22). The number of carbonyl (C=O) groups excluding carboxylic acids is 1. The number of fused-ring (bicyclic) bond motifs is 1. The van der Waals surface area contributed by atoms with Gasteiger partial charge in [-0.25, -0.2) is 4.39 Å². The third-order valence-electron chi connectivity index (χ3n) is 3.08. The van der Waals surface area contributed by atoms with Crippen molar-refractivity contribution in [2.24, 2.45) is 0 Å². The highest BCUT2D eigenvalue weighted by atomic mass is 32.2. The van der Waals surface area contributed by atoms with Crippen LogP contribution in [0.5, 0.6) is 0 Å². The zero-order valence-corrected chi connectivity index (χ0v) is 13.2. The average molecular weight is 331 g/mol. The fourth-order valence-electron chi connectivity index (χ4n) is 2.01. The van der Waals surface area contributed by atoms with E-state index >= 15 is 0 Å². The molecule has 3 rings (SSSR count). The van der Waals surface area contributed by atoms with E-state index in [0.717, 1.165) is 5.56 Å². The van der Waals surface area contributed by atoms with Crippen molar-refractivity contribution in [1.29, 1.82) is 0 Å². The van der Waals surface area contributed by atoms with Crippen LogP contribution < -0.4 is 5.32 Å². The van der Waals surface area contributed by atoms with Crippen LogP contribution in [0.4, 0.5) is 4.39 Å². The highest BCUT2D eigenvalue weighted by Gasteiger charge is 2.11. The average Bonchev–Trinajstić information content (AvgIpc) is 2.96. The van der Waals surface area contributed by atoms with Crippen LogP contribution >= 0.6 is 11.8 Å². The molecule has 0 unspecified atom stereocenters. The van der Waals surface area contributed by atoms with Gasteiger partial charge in [0.1, 0.15) is 5.82 Å². The maximum absolute atomic E-state index is 13.0. The Morgan fingerprint density at radius 3 is 2.74 bits per heavy atom. The highest BCUT2D eigenvalue weighted by Crippen LogP contribution is 2.20. The predicted octanol–water partition coefficient (Wildman–Crippen LogP) is 2.16. The summed E-state index contributed by atoms with van der Waals surface area (Å²) in [5, 5.41) is 15.8. The zero-order valence-electron chi connectivity index (χ0n) is 12.4. The van der Waals surface area contributed by atoms with Gasteiger partial charge < -0.3 is 5.32 Å². The molecule has 8 heteroatoms. The number of nitrogens with one attached hydrogen (secondary N) is 1. The van der Waals surface area contributed by atoms with E-state index in [1.54, 1.807) is 28.8 Å². The summed E-state index contributed by atoms with van der Waals surface area (Å²) in [7, 11) is 0. The van der Waals surface area contributed by atoms with Gasteiger partial charge in [0.15, 0.2) is 5.65 Å². The Morgan fingerprint density at radius 1 is 1.22 bits per heavy atom. The minimum atomic E-state index is -0.294. The molecule has 0 aliphatic rings. The number of hydrogen-bond donors (Lipinski definition) is 1. The Morgan fingerprint density at radius 2 is 2.00 bits per heavy atom. The molecule has 0 saturated heterocycles. The Labute approximate surface area is 136 Å². The molecule has 0 atom stereocenters. The Hall–Kier alpha value is -2.48. The summed E-state index contributed by atoms with van der Waals surface area (Å²) in [6.45, 7) is 2.46. The van der Waals surface area contributed by atoms with Gasteiger partial charge in [-0.05, 0) is 43.3 Å². The molecule has 2 heterocycles. The fourth-order valence-corrected chi connectivity index (χ4v) is 2.73. The number of carbonyl (C=O) groups is 1. The van der Waals surface area contributed by atoms with Gasteiger partial charge in [0.2, 0.25) is 11.1 Å². The molecule has 3 aromatic rings. The van der Waals surface area contributed by atoms with Crippen LogP contribution in [0.3, 0.4) is 0 Å². The first-order chi connectivity index (χ1) is 11.2. The Balaban J connectivity index is 1.87. The number of hydrogen-bond acceptors (Lipinski definition) is 5. The Kier molecular flexibility index (Phi) is 4.52. The molecule has 0 aliphatic carbocycles. The molecule has 0 saturated carbocycles. The zero-order chi connectivity index (χ0) is 16.2. The second-order valence-corrected chi connectivity index (χ2v) is 5.66. The van der Waals surface area contributed by atoms with E-state index in [-0.39, 0.29) is 17.5 Å². The molecular formula is C15H14FN5OS. The van der Waals surface area contributed by atoms with Crippen LogP contribution in [0.15, 0.2) is 41.6 Å². The first-order valence-electron chi connectivity index (χ1n) is 7.05. The molecule has 1 amide bonds. The van der Waals surface area contributed by atoms with Crippen LogP contribution in [-0.2, 0) is 4.79 Å². The van der Waals surface area contributed by atoms with Gasteiger partial charge in [-0.15, -0.1) is 10.2 Å². The van der Waals surface area contributed by atoms with E-state index in [4.69, 9.17) is 0 Å². The van der Waals surface area contributed by atoms with Crippen molar-refractivity contribution in [2.45, 2.75) is 12.1 Å². The number of aromatic nitrogens is 4. The van der Waals surface area contributed by atoms with Crippen LogP contribution in [0.2, 0.25) is 0 Å². The summed E-state index contributed by atoms with van der Waals surface area (Å²) in [6, 6.07) is 9.69. The van der Waals surface area contributed by atoms with Gasteiger partial charge in [-0.3, -0.25) is 4.79 Å². The van der Waals surface area contributed by atoms with Crippen molar-refractivity contribution in [2.75, 3.05) is 12.3 Å². The number of thioether (sulfide) groups is 1. The molecule has 1 aromatic carbocycles. The molecule has 0 bridgehead atoms. The fraction of sp³-hybridized carbons (Fsp3) is 0.200. The number of nitrogens with zero attached hydrogens (tertiary/aromatic N) is 4. The largest absolute Gasteiger partial charge is 0.356 e. The van der Waals surface area contributed by atoms with Crippen molar-refractivity contribution >= 4 is 23.3 Å². The lowest BCUT2D eigenvalue weighted by Crippen LogP contribution is -2.24. The minimum Gasteiger partial charge on any atom is -0.356 e. The van der Waals surface area contributed by atoms with E-state index in [2.05, 4.69) is 20.6 Å². The maximum Gasteiger partial charge on any atom is 0.230 e. The van der Waals surface area contributed by atoms with Gasteiger partial charge in [-0.1, -0.05) is 11.8 Å². The van der Waals surface area contributed by atoms with Crippen molar-refractivity contribution in [1.82, 2.24) is 25.1 Å². The lowest BCUT2D eigenvalue weighted by Gasteiger charge is -2.03. The predicted molar refractivity (Wildman–Crippen MR) is 85.6 cm³/mol. The van der Waals surface area contributed by atoms with E-state index in [0.29, 0.717) is 23.0 Å². The summed E-state index contributed by atoms with van der Waals surface area (Å²) in [4.78, 5) is 11.5. The molecule has 118 valence electrons. The van der Waals surface area contributed by atoms with Crippen molar-refractivity contribution in [3.8, 4) is 11.3 Å². The monoisotopic (exact) mass is 331 g/mol. The molecule has 0 aliphatic heterocycles. The SMILES string of the molecule is CCNC(=O)CSc1nnc2ccc(-c3ccc(F)cc3)nn12. The van der Waals surface area contributed by atoms with E-state index in [1.807, 2.05) is 6.92 Å². The van der Waals surface area contributed by atoms with Gasteiger partial charge in [0.25, 0.3) is 0 Å². The second-order valence-electron chi connectivity index (χ2n) is 4.72. The summed E-state index contributed by atoms with van der Waals surface area (Å²) in [6.07, 6.45) is 0. The molecule has 0 radical (unpaired) electrons. The summed E-state index contributed by atoms with van der Waals surface area (Å²) >= 11 is 1.27. The van der Waals surface area contributed by atoms with Gasteiger partial charge >= 0.3 is 0 Å². The third-order valence-corrected chi connectivity index (χ3v) is 4.00. The maximum atomic E-state index is 13.0. The van der Waals surface area contributed by atoms with Crippen molar-refractivity contribution < 1.29 is 9.18 Å². The summed E-state index contributed by atoms with van der Waals surface area (Å²) < 4.78 is 14.6. The molecule has 2 aromatic heterocycles. The number of halogens is 1. The lowest BCUT2D eigenvalue weighted by atomic mass is 10.1. The topological polar surface area (TPSA) is 72.2 Å². The first-order valence-corrected chi connectivity index (χ1v) is 8.04. The second kappa shape index (κ2) is 6.74. The normalized spacial score (nSPS) is 10.9. The third kappa shape index (κ3) is 3.48. The van der Waals surface area contributed by atoms with Crippen LogP contribution in [0.25, 0.3) is 16.9 Å². The first kappa shape index (κ1) is 15.4. The summed E-state index contributed by atoms with van der Waals surface area (Å²) in [5.41, 5.74) is 2.06. The number of benzene rings is 1. The smallest absolute Gasteiger partial charge is 0.230 e. The van der Waals surface area contributed by atoms with Crippen LogP contribution in [-0.4, -0.2) is 38.0 Å². The molecule has 23 heavy (non-hydrogen) atoms. The molecule has 6 nitrogen and oxygen atoms in total. The van der Waals surface area contributed by atoms with Gasteiger partial charge in [-0.2, -0.15) is 9.61 Å². The molecule has 1 N–H and O–H groups in total. The van der Waals surface area contributed by atoms with Crippen molar-refractivity contribution in [3.05, 3.63) is 42.2 Å². The molecular weight excluding hydrogens is 317 g/mol. The number of rotatable bonds is 5. The molecule has 0 spiro atoms. The summed E-state index contributed by atoms with van der Waals surface area (Å²) in [5.74, 6) is -0.113. The molecule has 0 fully saturated rings. The van der Waals surface area contributed by atoms with Crippen LogP contribution in [0.1, 0.15) is 6.92 Å². The van der Waals surface area contributed by atoms with E-state index < -0.39 is 0 Å². The van der Waals surface area contributed by atoms with Gasteiger partial charge in [0.05, 0.1) is 11.4 Å². The minimum absolute atomic E-state index is 0.0658. The lowest BCUT2D eigenvalue weighted by molar-refractivity contribution is -0.118. The number of amides is 1. The van der Waals surface area contributed by atoms with Crippen LogP contribution in [0, 0.1) is 5.82 Å². The van der Waals surface area contributed by atoms with Gasteiger partial charge in [0, 0.05) is 12.1 Å².